The Morgan fingerprint density at radius 1 is 0.448 bits per heavy atom. The Balaban J connectivity index is 2.54. The summed E-state index contributed by atoms with van der Waals surface area (Å²) in [6.45, 7) is 5.79. The van der Waals surface area contributed by atoms with Crippen molar-refractivity contribution in [2.75, 3.05) is 13.2 Å². The largest absolute Gasteiger partial charge is 0.454 e. The predicted molar refractivity (Wildman–Crippen MR) is 366 cm³/mol. The number of carbonyl (C=O) groups is 2. The number of ether oxygens (including phenoxy) is 3. The van der Waals surface area contributed by atoms with Crippen LogP contribution in [0.2, 0.25) is 0 Å². The molecule has 87 heavy (non-hydrogen) atoms. The first-order chi connectivity index (χ1) is 42.7. The van der Waals surface area contributed by atoms with Crippen molar-refractivity contribution in [2.24, 2.45) is 0 Å². The molecule has 1 amide bonds. The SMILES string of the molecule is CCCCC/C=C\C/C=C\C/C=C\C/C=C\CCCCCCCCCCCCC(O)C(=O)NC(COC1OC(CO)C(O)C(O)C1OC(=O)CCCCCCCCCCCCC/C=C/CCCCCCCC)C(O)/C=C/CCCCCCCCCCC. The normalized spacial score (nSPS) is 18.6. The number of esters is 1. The average molecular weight is 1220 g/mol. The maximum Gasteiger partial charge on any atom is 0.306 e. The number of aliphatic hydroxyl groups is 5. The van der Waals surface area contributed by atoms with Crippen LogP contribution in [0.1, 0.15) is 335 Å². The number of nitrogens with one attached hydrogen (secondary N) is 1. The van der Waals surface area contributed by atoms with E-state index >= 15 is 0 Å². The fourth-order valence-electron chi connectivity index (χ4n) is 11.3. The smallest absolute Gasteiger partial charge is 0.306 e. The van der Waals surface area contributed by atoms with Gasteiger partial charge in [0.25, 0.3) is 0 Å². The topological polar surface area (TPSA) is 175 Å². The fourth-order valence-corrected chi connectivity index (χ4v) is 11.3. The Hall–Kier alpha value is -2.90. The summed E-state index contributed by atoms with van der Waals surface area (Å²) in [7, 11) is 0. The molecule has 11 nitrogen and oxygen atoms in total. The zero-order chi connectivity index (χ0) is 63.1. The highest BCUT2D eigenvalue weighted by Crippen LogP contribution is 2.26. The fraction of sp³-hybridized carbons (Fsp3) is 0.816. The zero-order valence-electron chi connectivity index (χ0n) is 56.4. The molecule has 1 aliphatic rings. The van der Waals surface area contributed by atoms with E-state index in [1.807, 2.05) is 6.08 Å². The highest BCUT2D eigenvalue weighted by molar-refractivity contribution is 5.80. The van der Waals surface area contributed by atoms with Crippen LogP contribution in [0, 0.1) is 0 Å². The van der Waals surface area contributed by atoms with Gasteiger partial charge in [0.15, 0.2) is 12.4 Å². The lowest BCUT2D eigenvalue weighted by Gasteiger charge is -2.41. The van der Waals surface area contributed by atoms with Crippen molar-refractivity contribution >= 4 is 11.9 Å². The predicted octanol–water partition coefficient (Wildman–Crippen LogP) is 19.1. The van der Waals surface area contributed by atoms with Gasteiger partial charge in [-0.2, -0.15) is 0 Å². The maximum absolute atomic E-state index is 13.5. The number of aliphatic hydroxyl groups excluding tert-OH is 5. The van der Waals surface area contributed by atoms with Crippen molar-refractivity contribution in [1.29, 1.82) is 0 Å². The molecular formula is C76H137NO10. The molecule has 0 aromatic heterocycles. The Bertz CT molecular complexity index is 1690. The van der Waals surface area contributed by atoms with E-state index in [1.54, 1.807) is 6.08 Å². The molecular weight excluding hydrogens is 1090 g/mol. The van der Waals surface area contributed by atoms with Gasteiger partial charge < -0.3 is 45.1 Å². The van der Waals surface area contributed by atoms with Crippen molar-refractivity contribution in [3.63, 3.8) is 0 Å². The summed E-state index contributed by atoms with van der Waals surface area (Å²) in [5.74, 6) is -1.19. The lowest BCUT2D eigenvalue weighted by molar-refractivity contribution is -0.305. The first-order valence-electron chi connectivity index (χ1n) is 36.7. The highest BCUT2D eigenvalue weighted by Gasteiger charge is 2.47. The van der Waals surface area contributed by atoms with Crippen LogP contribution in [0.25, 0.3) is 0 Å². The van der Waals surface area contributed by atoms with Crippen LogP contribution in [0.15, 0.2) is 72.9 Å². The summed E-state index contributed by atoms with van der Waals surface area (Å²) in [6.07, 6.45) is 72.3. The van der Waals surface area contributed by atoms with Gasteiger partial charge >= 0.3 is 5.97 Å². The molecule has 0 aromatic carbocycles. The summed E-state index contributed by atoms with van der Waals surface area (Å²) in [5, 5.41) is 57.3. The van der Waals surface area contributed by atoms with Crippen molar-refractivity contribution < 1.29 is 49.3 Å². The average Bonchev–Trinajstić information content (AvgIpc) is 1.30. The number of carbonyl (C=O) groups excluding carboxylic acids is 2. The summed E-state index contributed by atoms with van der Waals surface area (Å²) < 4.78 is 17.7. The molecule has 0 aromatic rings. The first kappa shape index (κ1) is 82.1. The minimum absolute atomic E-state index is 0.122. The van der Waals surface area contributed by atoms with E-state index in [0.717, 1.165) is 83.5 Å². The minimum Gasteiger partial charge on any atom is -0.454 e. The van der Waals surface area contributed by atoms with Crippen molar-refractivity contribution in [1.82, 2.24) is 5.32 Å². The third-order valence-corrected chi connectivity index (χ3v) is 17.1. The molecule has 506 valence electrons. The molecule has 1 fully saturated rings. The van der Waals surface area contributed by atoms with Crippen LogP contribution in [0.4, 0.5) is 0 Å². The van der Waals surface area contributed by atoms with Crippen molar-refractivity contribution in [2.45, 2.75) is 384 Å². The molecule has 1 rings (SSSR count). The number of rotatable bonds is 63. The van der Waals surface area contributed by atoms with E-state index in [2.05, 4.69) is 86.8 Å². The molecule has 11 heteroatoms. The molecule has 8 unspecified atom stereocenters. The second-order valence-electron chi connectivity index (χ2n) is 25.3. The third-order valence-electron chi connectivity index (χ3n) is 17.1. The molecule has 1 heterocycles. The zero-order valence-corrected chi connectivity index (χ0v) is 56.4. The van der Waals surface area contributed by atoms with Gasteiger partial charge in [-0.1, -0.05) is 306 Å². The summed E-state index contributed by atoms with van der Waals surface area (Å²) in [4.78, 5) is 26.7. The van der Waals surface area contributed by atoms with Gasteiger partial charge in [-0.05, 0) is 96.3 Å². The van der Waals surface area contributed by atoms with E-state index in [4.69, 9.17) is 14.2 Å². The lowest BCUT2D eigenvalue weighted by Crippen LogP contribution is -2.61. The maximum atomic E-state index is 13.5. The van der Waals surface area contributed by atoms with E-state index in [1.165, 1.54) is 205 Å². The van der Waals surface area contributed by atoms with Crippen LogP contribution >= 0.6 is 0 Å². The molecule has 8 atom stereocenters. The molecule has 0 aliphatic carbocycles. The van der Waals surface area contributed by atoms with Crippen molar-refractivity contribution in [3.8, 4) is 0 Å². The first-order valence-corrected chi connectivity index (χ1v) is 36.7. The van der Waals surface area contributed by atoms with Crippen LogP contribution in [-0.2, 0) is 23.8 Å². The van der Waals surface area contributed by atoms with Crippen LogP contribution < -0.4 is 5.32 Å². The molecule has 0 spiro atoms. The van der Waals surface area contributed by atoms with Gasteiger partial charge in [0.2, 0.25) is 5.91 Å². The van der Waals surface area contributed by atoms with Gasteiger partial charge in [-0.3, -0.25) is 9.59 Å². The van der Waals surface area contributed by atoms with Gasteiger partial charge in [-0.25, -0.2) is 0 Å². The van der Waals surface area contributed by atoms with Crippen molar-refractivity contribution in [3.05, 3.63) is 72.9 Å². The van der Waals surface area contributed by atoms with E-state index in [0.29, 0.717) is 12.8 Å². The van der Waals surface area contributed by atoms with Gasteiger partial charge in [-0.15, -0.1) is 0 Å². The Labute approximate surface area is 534 Å². The van der Waals surface area contributed by atoms with E-state index in [9.17, 15) is 35.1 Å². The number of hydrogen-bond donors (Lipinski definition) is 6. The molecule has 6 N–H and O–H groups in total. The van der Waals surface area contributed by atoms with E-state index in [-0.39, 0.29) is 19.4 Å². The molecule has 0 radical (unpaired) electrons. The van der Waals surface area contributed by atoms with Crippen LogP contribution in [0.5, 0.6) is 0 Å². The van der Waals surface area contributed by atoms with Gasteiger partial charge in [0.05, 0.1) is 25.4 Å². The minimum atomic E-state index is -1.62. The summed E-state index contributed by atoms with van der Waals surface area (Å²) >= 11 is 0. The highest BCUT2D eigenvalue weighted by atomic mass is 16.7. The Morgan fingerprint density at radius 2 is 0.793 bits per heavy atom. The summed E-state index contributed by atoms with van der Waals surface area (Å²) in [6, 6.07) is -1.03. The van der Waals surface area contributed by atoms with Crippen LogP contribution in [-0.4, -0.2) is 99.6 Å². The van der Waals surface area contributed by atoms with E-state index < -0.39 is 67.4 Å². The summed E-state index contributed by atoms with van der Waals surface area (Å²) in [5.41, 5.74) is 0. The lowest BCUT2D eigenvalue weighted by atomic mass is 9.99. The molecule has 1 aliphatic heterocycles. The number of unbranched alkanes of at least 4 members (excludes halogenated alkanes) is 39. The number of allylic oxidation sites excluding steroid dienone is 11. The van der Waals surface area contributed by atoms with Gasteiger partial charge in [0, 0.05) is 6.42 Å². The second-order valence-corrected chi connectivity index (χ2v) is 25.3. The van der Waals surface area contributed by atoms with Crippen LogP contribution in [0.3, 0.4) is 0 Å². The Morgan fingerprint density at radius 3 is 1.22 bits per heavy atom. The third kappa shape index (κ3) is 50.4. The van der Waals surface area contributed by atoms with Gasteiger partial charge in [0.1, 0.15) is 24.4 Å². The quantitative estimate of drug-likeness (QED) is 0.0195. The molecule has 1 saturated heterocycles. The monoisotopic (exact) mass is 1220 g/mol. The molecule has 0 bridgehead atoms. The standard InChI is InChI=1S/C76H137NO10/c1-4-7-10-13-16-19-22-24-26-28-30-32-33-34-35-36-38-39-41-43-45-48-51-54-57-60-63-69(80)75(84)77-67(68(79)62-59-56-53-50-47-21-18-15-12-9-6-3)66-85-76-74(73(83)72(82)70(65-78)86-76)87-71(81)64-61-58-55-52-49-46-44-42-40-37-31-29-27-25-23-20-17-14-11-8-5-2/h16,19,24-27,30,32,34-35,59,62,67-70,72-74,76,78-80,82-83H,4-15,17-18,20-23,28-29,31,33,36-58,60-61,63-66H2,1-3H3,(H,77,84)/b19-16-,26-24-,27-25+,32-30-,35-34-,62-59+. The Kier molecular flexibility index (Phi) is 59.7. The number of hydrogen-bond acceptors (Lipinski definition) is 10. The number of amides is 1. The molecule has 0 saturated carbocycles. The second kappa shape index (κ2) is 63.3.